The number of hydrogen-bond acceptors (Lipinski definition) is 5. The fourth-order valence-corrected chi connectivity index (χ4v) is 2.12. The number of rotatable bonds is 4. The number of pyridine rings is 1. The Morgan fingerprint density at radius 1 is 1.29 bits per heavy atom. The summed E-state index contributed by atoms with van der Waals surface area (Å²) in [5, 5.41) is 12.1. The van der Waals surface area contributed by atoms with Gasteiger partial charge in [0.1, 0.15) is 5.82 Å². The van der Waals surface area contributed by atoms with E-state index in [0.29, 0.717) is 18.1 Å². The lowest BCUT2D eigenvalue weighted by Crippen LogP contribution is -2.06. The number of carboxylic acids is 1. The van der Waals surface area contributed by atoms with Crippen LogP contribution in [0.25, 0.3) is 0 Å². The predicted molar refractivity (Wildman–Crippen MR) is 76.1 cm³/mol. The van der Waals surface area contributed by atoms with Crippen LogP contribution < -0.4 is 14.8 Å². The second-order valence-corrected chi connectivity index (χ2v) is 4.78. The third-order valence-corrected chi connectivity index (χ3v) is 3.26. The molecule has 0 spiro atoms. The normalized spacial score (nSPS) is 12.2. The molecule has 1 aliphatic rings. The summed E-state index contributed by atoms with van der Waals surface area (Å²) in [5.41, 5.74) is 0.792. The van der Waals surface area contributed by atoms with Crippen LogP contribution in [0.2, 0.25) is 5.02 Å². The minimum Gasteiger partial charge on any atom is -0.476 e. The fraction of sp³-hybridized carbons (Fsp3) is 0.143. The minimum absolute atomic E-state index is 0.108. The number of hydrogen-bond donors (Lipinski definition) is 2. The van der Waals surface area contributed by atoms with E-state index in [9.17, 15) is 4.79 Å². The van der Waals surface area contributed by atoms with Crippen molar-refractivity contribution >= 4 is 23.4 Å². The van der Waals surface area contributed by atoms with E-state index < -0.39 is 5.97 Å². The third-order valence-electron chi connectivity index (χ3n) is 2.96. The lowest BCUT2D eigenvalue weighted by molar-refractivity contribution is 0.0691. The topological polar surface area (TPSA) is 80.7 Å². The van der Waals surface area contributed by atoms with Crippen molar-refractivity contribution in [3.63, 3.8) is 0 Å². The molecule has 0 fully saturated rings. The average molecular weight is 307 g/mol. The Balaban J connectivity index is 1.73. The van der Waals surface area contributed by atoms with Gasteiger partial charge in [0, 0.05) is 6.54 Å². The molecule has 108 valence electrons. The van der Waals surface area contributed by atoms with Crippen LogP contribution in [0.15, 0.2) is 30.3 Å². The number of anilines is 1. The van der Waals surface area contributed by atoms with Crippen molar-refractivity contribution in [3.05, 3.63) is 46.6 Å². The van der Waals surface area contributed by atoms with Gasteiger partial charge in [0.25, 0.3) is 0 Å². The summed E-state index contributed by atoms with van der Waals surface area (Å²) >= 11 is 5.77. The smallest absolute Gasteiger partial charge is 0.356 e. The van der Waals surface area contributed by atoms with Gasteiger partial charge in [-0.15, -0.1) is 0 Å². The van der Waals surface area contributed by atoms with Crippen LogP contribution in [0, 0.1) is 0 Å². The van der Waals surface area contributed by atoms with Gasteiger partial charge in [-0.3, -0.25) is 0 Å². The third kappa shape index (κ3) is 2.85. The Kier molecular flexibility index (Phi) is 3.53. The molecule has 0 radical (unpaired) electrons. The Labute approximate surface area is 125 Å². The zero-order valence-corrected chi connectivity index (χ0v) is 11.6. The molecular weight excluding hydrogens is 296 g/mol. The SMILES string of the molecule is O=C(O)c1nc(NCc2ccc3c(c2)OCO3)ccc1Cl. The molecule has 0 saturated carbocycles. The Hall–Kier alpha value is -2.47. The van der Waals surface area contributed by atoms with E-state index in [-0.39, 0.29) is 17.5 Å². The zero-order valence-electron chi connectivity index (χ0n) is 10.8. The monoisotopic (exact) mass is 306 g/mol. The summed E-state index contributed by atoms with van der Waals surface area (Å²) in [6.07, 6.45) is 0. The van der Waals surface area contributed by atoms with E-state index in [1.54, 1.807) is 6.07 Å². The molecular formula is C14H11ClN2O4. The quantitative estimate of drug-likeness (QED) is 0.904. The molecule has 0 saturated heterocycles. The van der Waals surface area contributed by atoms with Crippen LogP contribution >= 0.6 is 11.6 Å². The first kappa shape index (κ1) is 13.5. The lowest BCUT2D eigenvalue weighted by atomic mass is 10.2. The fourth-order valence-electron chi connectivity index (χ4n) is 1.93. The first-order valence-corrected chi connectivity index (χ1v) is 6.53. The van der Waals surface area contributed by atoms with Crippen molar-refractivity contribution in [2.24, 2.45) is 0 Å². The number of ether oxygens (including phenoxy) is 2. The lowest BCUT2D eigenvalue weighted by Gasteiger charge is -2.08. The number of benzene rings is 1. The molecule has 0 unspecified atom stereocenters. The molecule has 3 rings (SSSR count). The summed E-state index contributed by atoms with van der Waals surface area (Å²) in [5.74, 6) is 0.697. The van der Waals surface area contributed by atoms with Crippen LogP contribution in [0.5, 0.6) is 11.5 Å². The Morgan fingerprint density at radius 3 is 2.90 bits per heavy atom. The second kappa shape index (κ2) is 5.49. The van der Waals surface area contributed by atoms with Crippen molar-refractivity contribution in [2.75, 3.05) is 12.1 Å². The number of halogens is 1. The first-order chi connectivity index (χ1) is 10.1. The summed E-state index contributed by atoms with van der Waals surface area (Å²) < 4.78 is 10.5. The maximum absolute atomic E-state index is 11.0. The van der Waals surface area contributed by atoms with Crippen LogP contribution in [0.3, 0.4) is 0 Å². The number of aromatic carboxylic acids is 1. The molecule has 0 aliphatic carbocycles. The maximum atomic E-state index is 11.0. The number of fused-ring (bicyclic) bond motifs is 1. The van der Waals surface area contributed by atoms with Crippen molar-refractivity contribution in [3.8, 4) is 11.5 Å². The number of nitrogens with one attached hydrogen (secondary N) is 1. The molecule has 2 aromatic rings. The van der Waals surface area contributed by atoms with Gasteiger partial charge in [0.05, 0.1) is 5.02 Å². The van der Waals surface area contributed by atoms with Gasteiger partial charge < -0.3 is 19.9 Å². The van der Waals surface area contributed by atoms with Gasteiger partial charge in [-0.1, -0.05) is 17.7 Å². The van der Waals surface area contributed by atoms with Crippen LogP contribution in [-0.4, -0.2) is 22.9 Å². The molecule has 0 atom stereocenters. The number of carboxylic acid groups (broad SMARTS) is 1. The molecule has 6 nitrogen and oxygen atoms in total. The number of nitrogens with zero attached hydrogens (tertiary/aromatic N) is 1. The van der Waals surface area contributed by atoms with Crippen molar-refractivity contribution in [2.45, 2.75) is 6.54 Å². The molecule has 7 heteroatoms. The average Bonchev–Trinajstić information content (AvgIpc) is 2.93. The highest BCUT2D eigenvalue weighted by Gasteiger charge is 2.14. The van der Waals surface area contributed by atoms with E-state index in [1.807, 2.05) is 18.2 Å². The molecule has 21 heavy (non-hydrogen) atoms. The van der Waals surface area contributed by atoms with E-state index in [1.165, 1.54) is 6.07 Å². The minimum atomic E-state index is -1.16. The van der Waals surface area contributed by atoms with Gasteiger partial charge in [-0.2, -0.15) is 0 Å². The molecule has 0 amide bonds. The van der Waals surface area contributed by atoms with Gasteiger partial charge in [-0.05, 0) is 29.8 Å². The number of carbonyl (C=O) groups is 1. The molecule has 0 bridgehead atoms. The number of aromatic nitrogens is 1. The highest BCUT2D eigenvalue weighted by atomic mass is 35.5. The maximum Gasteiger partial charge on any atom is 0.356 e. The summed E-state index contributed by atoms with van der Waals surface area (Å²) in [6, 6.07) is 8.72. The van der Waals surface area contributed by atoms with Crippen molar-refractivity contribution < 1.29 is 19.4 Å². The Morgan fingerprint density at radius 2 is 2.10 bits per heavy atom. The van der Waals surface area contributed by atoms with Gasteiger partial charge in [-0.25, -0.2) is 9.78 Å². The van der Waals surface area contributed by atoms with E-state index >= 15 is 0 Å². The van der Waals surface area contributed by atoms with E-state index in [0.717, 1.165) is 11.3 Å². The Bertz CT molecular complexity index is 705. The summed E-state index contributed by atoms with van der Waals surface area (Å²) in [4.78, 5) is 14.9. The van der Waals surface area contributed by atoms with E-state index in [4.69, 9.17) is 26.2 Å². The zero-order chi connectivity index (χ0) is 14.8. The predicted octanol–water partition coefficient (Wildman–Crippen LogP) is 2.77. The molecule has 1 aliphatic heterocycles. The van der Waals surface area contributed by atoms with Crippen molar-refractivity contribution in [1.82, 2.24) is 4.98 Å². The second-order valence-electron chi connectivity index (χ2n) is 4.37. The van der Waals surface area contributed by atoms with Crippen LogP contribution in [-0.2, 0) is 6.54 Å². The highest BCUT2D eigenvalue weighted by molar-refractivity contribution is 6.33. The molecule has 2 N–H and O–H groups in total. The highest BCUT2D eigenvalue weighted by Crippen LogP contribution is 2.32. The largest absolute Gasteiger partial charge is 0.476 e. The molecule has 1 aromatic heterocycles. The van der Waals surface area contributed by atoms with Gasteiger partial charge in [0.15, 0.2) is 17.2 Å². The van der Waals surface area contributed by atoms with E-state index in [2.05, 4.69) is 10.3 Å². The molecule has 1 aromatic carbocycles. The summed E-state index contributed by atoms with van der Waals surface area (Å²) in [7, 11) is 0. The first-order valence-electron chi connectivity index (χ1n) is 6.16. The standard InChI is InChI=1S/C14H11ClN2O4/c15-9-2-4-12(17-13(9)14(18)19)16-6-8-1-3-10-11(5-8)21-7-20-10/h1-5H,6-7H2,(H,16,17)(H,18,19). The van der Waals surface area contributed by atoms with Crippen LogP contribution in [0.4, 0.5) is 5.82 Å². The van der Waals surface area contributed by atoms with Gasteiger partial charge >= 0.3 is 5.97 Å². The van der Waals surface area contributed by atoms with Crippen LogP contribution in [0.1, 0.15) is 16.1 Å². The van der Waals surface area contributed by atoms with Gasteiger partial charge in [0.2, 0.25) is 6.79 Å². The molecule has 2 heterocycles. The summed E-state index contributed by atoms with van der Waals surface area (Å²) in [6.45, 7) is 0.706. The van der Waals surface area contributed by atoms with Crippen molar-refractivity contribution in [1.29, 1.82) is 0 Å².